The largest absolute Gasteiger partial charge is 0.479 e. The van der Waals surface area contributed by atoms with E-state index >= 15 is 0 Å². The molecule has 1 fully saturated rings. The third kappa shape index (κ3) is 6.27. The molecule has 4 N–H and O–H groups in total. The summed E-state index contributed by atoms with van der Waals surface area (Å²) in [7, 11) is 5.14. The lowest BCUT2D eigenvalue weighted by atomic mass is 9.76. The van der Waals surface area contributed by atoms with E-state index in [1.807, 2.05) is 30.3 Å². The van der Waals surface area contributed by atoms with Gasteiger partial charge in [0.25, 0.3) is 5.91 Å². The minimum absolute atomic E-state index is 0.138. The second kappa shape index (κ2) is 10.7. The van der Waals surface area contributed by atoms with Crippen LogP contribution in [-0.2, 0) is 31.3 Å². The third-order valence-electron chi connectivity index (χ3n) is 5.93. The Morgan fingerprint density at radius 3 is 2.49 bits per heavy atom. The van der Waals surface area contributed by atoms with E-state index in [9.17, 15) is 24.3 Å². The number of hydrogen-bond donors (Lipinski definition) is 4. The number of rotatable bonds is 11. The minimum atomic E-state index is -1.39. The molecule has 1 aromatic heterocycles. The highest BCUT2D eigenvalue weighted by Crippen LogP contribution is 2.39. The maximum atomic E-state index is 13.0. The molecule has 1 aromatic carbocycles. The van der Waals surface area contributed by atoms with Gasteiger partial charge in [0.2, 0.25) is 13.8 Å². The SMILES string of the molecule is [B]C(=O)NC(C)(C)C(=O)N[C@H](COCc1ccccc1)C(=O)Nc1cn(C2(C(=O)O)CCC2)cn1. The Kier molecular flexibility index (Phi) is 7.95. The Balaban J connectivity index is 1.70. The Morgan fingerprint density at radius 1 is 1.23 bits per heavy atom. The Morgan fingerprint density at radius 2 is 1.91 bits per heavy atom. The van der Waals surface area contributed by atoms with Crippen LogP contribution in [0.25, 0.3) is 0 Å². The molecule has 2 radical (unpaired) electrons. The second-order valence-electron chi connectivity index (χ2n) is 8.99. The first-order valence-electron chi connectivity index (χ1n) is 11.1. The van der Waals surface area contributed by atoms with Crippen LogP contribution in [0.5, 0.6) is 0 Å². The van der Waals surface area contributed by atoms with E-state index in [0.29, 0.717) is 12.8 Å². The highest BCUT2D eigenvalue weighted by atomic mass is 16.5. The Hall–Kier alpha value is -3.67. The average molecular weight is 481 g/mol. The van der Waals surface area contributed by atoms with Crippen LogP contribution < -0.4 is 16.0 Å². The van der Waals surface area contributed by atoms with Gasteiger partial charge in [0.1, 0.15) is 17.1 Å². The molecular formula is C23H28BN5O6. The van der Waals surface area contributed by atoms with Crippen molar-refractivity contribution in [1.82, 2.24) is 20.2 Å². The molecule has 1 aliphatic rings. The number of hydrogen-bond acceptors (Lipinski definition) is 6. The summed E-state index contributed by atoms with van der Waals surface area (Å²) in [5.74, 6) is -2.98. The van der Waals surface area contributed by atoms with Crippen LogP contribution in [0.3, 0.4) is 0 Å². The molecule has 35 heavy (non-hydrogen) atoms. The maximum absolute atomic E-state index is 13.0. The van der Waals surface area contributed by atoms with E-state index in [0.717, 1.165) is 12.0 Å². The van der Waals surface area contributed by atoms with Crippen molar-refractivity contribution in [2.45, 2.75) is 56.8 Å². The summed E-state index contributed by atoms with van der Waals surface area (Å²) in [5.41, 5.74) is -1.57. The second-order valence-corrected chi connectivity index (χ2v) is 8.99. The van der Waals surface area contributed by atoms with Crippen LogP contribution in [0.1, 0.15) is 38.7 Å². The van der Waals surface area contributed by atoms with Crippen LogP contribution in [0, 0.1) is 0 Å². The van der Waals surface area contributed by atoms with Crippen molar-refractivity contribution >= 4 is 37.3 Å². The number of ether oxygens (including phenoxy) is 1. The maximum Gasteiger partial charge on any atom is 0.329 e. The van der Waals surface area contributed by atoms with Gasteiger partial charge in [-0.2, -0.15) is 0 Å². The molecule has 0 spiro atoms. The van der Waals surface area contributed by atoms with Gasteiger partial charge in [-0.3, -0.25) is 14.4 Å². The van der Waals surface area contributed by atoms with E-state index in [-0.39, 0.29) is 19.0 Å². The Labute approximate surface area is 204 Å². The number of benzene rings is 1. The number of amides is 3. The summed E-state index contributed by atoms with van der Waals surface area (Å²) in [6.45, 7) is 2.93. The molecule has 12 heteroatoms. The van der Waals surface area contributed by atoms with Crippen molar-refractivity contribution in [3.05, 3.63) is 48.4 Å². The highest BCUT2D eigenvalue weighted by molar-refractivity contribution is 6.57. The van der Waals surface area contributed by atoms with Gasteiger partial charge in [-0.15, -0.1) is 0 Å². The van der Waals surface area contributed by atoms with E-state index in [1.54, 1.807) is 0 Å². The summed E-state index contributed by atoms with van der Waals surface area (Å²) in [6.07, 6.45) is 4.55. The lowest BCUT2D eigenvalue weighted by molar-refractivity contribution is -0.152. The van der Waals surface area contributed by atoms with Crippen LogP contribution in [0.15, 0.2) is 42.9 Å². The molecule has 11 nitrogen and oxygen atoms in total. The molecule has 3 rings (SSSR count). The summed E-state index contributed by atoms with van der Waals surface area (Å²) in [6, 6.07) is 8.15. The van der Waals surface area contributed by atoms with Gasteiger partial charge in [-0.25, -0.2) is 9.78 Å². The fourth-order valence-corrected chi connectivity index (χ4v) is 3.68. The van der Waals surface area contributed by atoms with Gasteiger partial charge in [0.05, 0.1) is 19.5 Å². The molecule has 1 saturated carbocycles. The van der Waals surface area contributed by atoms with Gasteiger partial charge < -0.3 is 30.4 Å². The molecule has 0 aliphatic heterocycles. The summed E-state index contributed by atoms with van der Waals surface area (Å²) >= 11 is 0. The number of carbonyl (C=O) groups is 4. The number of anilines is 1. The van der Waals surface area contributed by atoms with Crippen LogP contribution in [0.2, 0.25) is 0 Å². The minimum Gasteiger partial charge on any atom is -0.479 e. The standard InChI is InChI=1S/C23H28BN5O6/c1-22(2,28-21(24)34)19(31)26-16(13-35-12-15-7-4-3-5-8-15)18(30)27-17-11-29(14-25-17)23(20(32)33)9-6-10-23/h3-5,7-8,11,14,16H,6,9-10,12-13H2,1-2H3,(H,26,31)(H,27,30)(H,28,34)(H,32,33)/t16-/m1/s1. The van der Waals surface area contributed by atoms with E-state index in [1.165, 1.54) is 30.9 Å². The first-order chi connectivity index (χ1) is 16.5. The van der Waals surface area contributed by atoms with Crippen LogP contribution in [0.4, 0.5) is 10.6 Å². The van der Waals surface area contributed by atoms with E-state index in [4.69, 9.17) is 12.6 Å². The van der Waals surface area contributed by atoms with E-state index < -0.39 is 40.7 Å². The first-order valence-corrected chi connectivity index (χ1v) is 11.1. The predicted octanol–water partition coefficient (Wildman–Crippen LogP) is 1.14. The number of aliphatic carboxylic acids is 1. The van der Waals surface area contributed by atoms with E-state index in [2.05, 4.69) is 20.9 Å². The third-order valence-corrected chi connectivity index (χ3v) is 5.93. The number of nitrogens with one attached hydrogen (secondary N) is 3. The molecule has 0 bridgehead atoms. The topological polar surface area (TPSA) is 152 Å². The smallest absolute Gasteiger partial charge is 0.329 e. The van der Waals surface area contributed by atoms with Crippen molar-refractivity contribution in [3.8, 4) is 0 Å². The van der Waals surface area contributed by atoms with Crippen molar-refractivity contribution in [2.24, 2.45) is 0 Å². The lowest BCUT2D eigenvalue weighted by Crippen LogP contribution is -2.59. The monoisotopic (exact) mass is 481 g/mol. The molecule has 1 heterocycles. The number of nitrogens with zero attached hydrogens (tertiary/aromatic N) is 2. The van der Waals surface area contributed by atoms with Crippen LogP contribution >= 0.6 is 0 Å². The van der Waals surface area contributed by atoms with Gasteiger partial charge in [-0.1, -0.05) is 30.3 Å². The molecule has 184 valence electrons. The average Bonchev–Trinajstić information content (AvgIpc) is 3.19. The summed E-state index contributed by atoms with van der Waals surface area (Å²) in [4.78, 5) is 52.9. The number of carboxylic acid groups (broad SMARTS) is 1. The molecule has 2 aromatic rings. The number of aromatic nitrogens is 2. The molecule has 1 atom stereocenters. The zero-order valence-electron chi connectivity index (χ0n) is 19.6. The lowest BCUT2D eigenvalue weighted by Gasteiger charge is -2.38. The molecular weight excluding hydrogens is 453 g/mol. The van der Waals surface area contributed by atoms with Crippen molar-refractivity contribution in [1.29, 1.82) is 0 Å². The van der Waals surface area contributed by atoms with Crippen molar-refractivity contribution < 1.29 is 29.0 Å². The Bertz CT molecular complexity index is 1080. The zero-order valence-corrected chi connectivity index (χ0v) is 19.6. The predicted molar refractivity (Wildman–Crippen MR) is 127 cm³/mol. The van der Waals surface area contributed by atoms with Gasteiger partial charge in [0.15, 0.2) is 11.6 Å². The summed E-state index contributed by atoms with van der Waals surface area (Å²) in [5, 5.41) is 17.1. The number of imidazole rings is 1. The van der Waals surface area contributed by atoms with Gasteiger partial charge in [-0.05, 0) is 38.7 Å². The molecule has 1 aliphatic carbocycles. The highest BCUT2D eigenvalue weighted by Gasteiger charge is 2.46. The van der Waals surface area contributed by atoms with Crippen LogP contribution in [-0.4, -0.2) is 64.3 Å². The quantitative estimate of drug-likeness (QED) is 0.352. The molecule has 0 saturated heterocycles. The zero-order chi connectivity index (χ0) is 25.6. The fourth-order valence-electron chi connectivity index (χ4n) is 3.68. The van der Waals surface area contributed by atoms with Gasteiger partial charge >= 0.3 is 5.97 Å². The summed E-state index contributed by atoms with van der Waals surface area (Å²) < 4.78 is 7.14. The molecule has 3 amide bonds. The molecule has 0 unspecified atom stereocenters. The first kappa shape index (κ1) is 25.9. The van der Waals surface area contributed by atoms with Crippen molar-refractivity contribution in [2.75, 3.05) is 11.9 Å². The van der Waals surface area contributed by atoms with Gasteiger partial charge in [0, 0.05) is 6.20 Å². The number of carbonyl (C=O) groups excluding carboxylic acids is 3. The fraction of sp³-hybridized carbons (Fsp3) is 0.435. The number of carboxylic acids is 1. The normalized spacial score (nSPS) is 15.4. The van der Waals surface area contributed by atoms with Crippen molar-refractivity contribution in [3.63, 3.8) is 0 Å².